The summed E-state index contributed by atoms with van der Waals surface area (Å²) >= 11 is 5.88. The van der Waals surface area contributed by atoms with Crippen LogP contribution in [0.2, 0.25) is 5.02 Å². The summed E-state index contributed by atoms with van der Waals surface area (Å²) in [5, 5.41) is 6.54. The molecule has 86 valence electrons. The normalized spacial score (nSPS) is 19.7. The van der Waals surface area contributed by atoms with E-state index in [-0.39, 0.29) is 5.91 Å². The van der Waals surface area contributed by atoms with E-state index in [1.807, 2.05) is 0 Å². The van der Waals surface area contributed by atoms with Crippen molar-refractivity contribution in [1.29, 1.82) is 0 Å². The standard InChI is InChI=1S/C11H14ClN3O/c12-10-7-14-4-2-9(10)11(16)15-6-8-1-3-13-5-8/h2,4,7-8,13H,1,3,5-6H2,(H,15,16). The molecule has 5 heteroatoms. The summed E-state index contributed by atoms with van der Waals surface area (Å²) in [6.45, 7) is 2.71. The Balaban J connectivity index is 1.90. The molecule has 0 aromatic carbocycles. The molecule has 1 unspecified atom stereocenters. The molecule has 1 saturated heterocycles. The van der Waals surface area contributed by atoms with E-state index in [0.717, 1.165) is 19.5 Å². The van der Waals surface area contributed by atoms with Crippen LogP contribution in [0.5, 0.6) is 0 Å². The zero-order valence-electron chi connectivity index (χ0n) is 8.87. The fourth-order valence-electron chi connectivity index (χ4n) is 1.78. The molecule has 4 nitrogen and oxygen atoms in total. The van der Waals surface area contributed by atoms with Gasteiger partial charge in [-0.25, -0.2) is 0 Å². The van der Waals surface area contributed by atoms with Gasteiger partial charge in [-0.05, 0) is 31.5 Å². The van der Waals surface area contributed by atoms with Crippen molar-refractivity contribution < 1.29 is 4.79 Å². The second-order valence-electron chi connectivity index (χ2n) is 3.92. The lowest BCUT2D eigenvalue weighted by molar-refractivity contribution is 0.0948. The van der Waals surface area contributed by atoms with E-state index in [9.17, 15) is 4.79 Å². The Kier molecular flexibility index (Phi) is 3.74. The van der Waals surface area contributed by atoms with Gasteiger partial charge in [-0.2, -0.15) is 0 Å². The van der Waals surface area contributed by atoms with Gasteiger partial charge in [-0.3, -0.25) is 9.78 Å². The summed E-state index contributed by atoms with van der Waals surface area (Å²) in [4.78, 5) is 15.6. The van der Waals surface area contributed by atoms with Crippen LogP contribution in [0.3, 0.4) is 0 Å². The van der Waals surface area contributed by atoms with E-state index in [4.69, 9.17) is 11.6 Å². The maximum Gasteiger partial charge on any atom is 0.252 e. The van der Waals surface area contributed by atoms with Gasteiger partial charge in [0.1, 0.15) is 0 Å². The molecule has 1 aliphatic rings. The molecule has 0 aliphatic carbocycles. The maximum absolute atomic E-state index is 11.8. The van der Waals surface area contributed by atoms with Gasteiger partial charge in [0, 0.05) is 18.9 Å². The molecule has 2 heterocycles. The predicted octanol–water partition coefficient (Wildman–Crippen LogP) is 1.07. The van der Waals surface area contributed by atoms with E-state index >= 15 is 0 Å². The van der Waals surface area contributed by atoms with Crippen LogP contribution < -0.4 is 10.6 Å². The first-order valence-electron chi connectivity index (χ1n) is 5.36. The lowest BCUT2D eigenvalue weighted by atomic mass is 10.1. The number of nitrogens with one attached hydrogen (secondary N) is 2. The SMILES string of the molecule is O=C(NCC1CCNC1)c1ccncc1Cl. The van der Waals surface area contributed by atoms with Crippen molar-refractivity contribution in [3.05, 3.63) is 29.0 Å². The Morgan fingerprint density at radius 3 is 3.25 bits per heavy atom. The quantitative estimate of drug-likeness (QED) is 0.830. The Bertz CT molecular complexity index is 377. The lowest BCUT2D eigenvalue weighted by Crippen LogP contribution is -2.30. The molecule has 2 N–H and O–H groups in total. The molecule has 0 bridgehead atoms. The van der Waals surface area contributed by atoms with Crippen LogP contribution >= 0.6 is 11.6 Å². The van der Waals surface area contributed by atoms with Crippen molar-refractivity contribution in [3.63, 3.8) is 0 Å². The zero-order valence-corrected chi connectivity index (χ0v) is 9.63. The molecule has 1 fully saturated rings. The van der Waals surface area contributed by atoms with Crippen LogP contribution in [0.25, 0.3) is 0 Å². The fourth-order valence-corrected chi connectivity index (χ4v) is 1.99. The van der Waals surface area contributed by atoms with E-state index in [1.165, 1.54) is 6.20 Å². The fraction of sp³-hybridized carbons (Fsp3) is 0.455. The first-order valence-corrected chi connectivity index (χ1v) is 5.73. The van der Waals surface area contributed by atoms with Crippen LogP contribution in [0, 0.1) is 5.92 Å². The summed E-state index contributed by atoms with van der Waals surface area (Å²) in [7, 11) is 0. The molecule has 1 aliphatic heterocycles. The number of carbonyl (C=O) groups is 1. The molecule has 1 aromatic heterocycles. The van der Waals surface area contributed by atoms with Gasteiger partial charge in [-0.1, -0.05) is 11.6 Å². The topological polar surface area (TPSA) is 54.0 Å². The molecule has 2 rings (SSSR count). The number of amides is 1. The van der Waals surface area contributed by atoms with E-state index < -0.39 is 0 Å². The zero-order chi connectivity index (χ0) is 11.4. The lowest BCUT2D eigenvalue weighted by Gasteiger charge is -2.10. The van der Waals surface area contributed by atoms with E-state index in [1.54, 1.807) is 12.3 Å². The summed E-state index contributed by atoms with van der Waals surface area (Å²) < 4.78 is 0. The Labute approximate surface area is 99.4 Å². The second kappa shape index (κ2) is 5.27. The minimum Gasteiger partial charge on any atom is -0.352 e. The van der Waals surface area contributed by atoms with Crippen molar-refractivity contribution in [3.8, 4) is 0 Å². The van der Waals surface area contributed by atoms with Gasteiger partial charge >= 0.3 is 0 Å². The number of nitrogens with zero attached hydrogens (tertiary/aromatic N) is 1. The number of carbonyl (C=O) groups excluding carboxylic acids is 1. The predicted molar refractivity (Wildman–Crippen MR) is 62.6 cm³/mol. The van der Waals surface area contributed by atoms with Gasteiger partial charge in [-0.15, -0.1) is 0 Å². The molecule has 0 radical (unpaired) electrons. The highest BCUT2D eigenvalue weighted by Crippen LogP contribution is 2.13. The average Bonchev–Trinajstić information content (AvgIpc) is 2.79. The van der Waals surface area contributed by atoms with Gasteiger partial charge in [0.2, 0.25) is 0 Å². The van der Waals surface area contributed by atoms with Crippen LogP contribution in [0.1, 0.15) is 16.8 Å². The first kappa shape index (κ1) is 11.4. The van der Waals surface area contributed by atoms with Crippen molar-refractivity contribution in [1.82, 2.24) is 15.6 Å². The highest BCUT2D eigenvalue weighted by molar-refractivity contribution is 6.33. The molecule has 1 aromatic rings. The van der Waals surface area contributed by atoms with Gasteiger partial charge in [0.25, 0.3) is 5.91 Å². The van der Waals surface area contributed by atoms with E-state index in [0.29, 0.717) is 23.0 Å². The summed E-state index contributed by atoms with van der Waals surface area (Å²) in [6.07, 6.45) is 4.16. The number of rotatable bonds is 3. The molecular formula is C11H14ClN3O. The number of aromatic nitrogens is 1. The number of hydrogen-bond donors (Lipinski definition) is 2. The summed E-state index contributed by atoms with van der Waals surface area (Å²) in [5.41, 5.74) is 0.489. The summed E-state index contributed by atoms with van der Waals surface area (Å²) in [5.74, 6) is 0.406. The highest BCUT2D eigenvalue weighted by Gasteiger charge is 2.16. The number of hydrogen-bond acceptors (Lipinski definition) is 3. The molecule has 0 saturated carbocycles. The monoisotopic (exact) mass is 239 g/mol. The van der Waals surface area contributed by atoms with Gasteiger partial charge < -0.3 is 10.6 Å². The Morgan fingerprint density at radius 1 is 1.69 bits per heavy atom. The van der Waals surface area contributed by atoms with Gasteiger partial charge in [0.05, 0.1) is 10.6 Å². The van der Waals surface area contributed by atoms with Crippen LogP contribution in [-0.2, 0) is 0 Å². The van der Waals surface area contributed by atoms with Crippen molar-refractivity contribution in [2.45, 2.75) is 6.42 Å². The minimum atomic E-state index is -0.126. The first-order chi connectivity index (χ1) is 7.77. The second-order valence-corrected chi connectivity index (χ2v) is 4.33. The molecule has 16 heavy (non-hydrogen) atoms. The molecule has 1 atom stereocenters. The van der Waals surface area contributed by atoms with E-state index in [2.05, 4.69) is 15.6 Å². The van der Waals surface area contributed by atoms with Crippen LogP contribution in [0.4, 0.5) is 0 Å². The third-order valence-electron chi connectivity index (χ3n) is 2.73. The summed E-state index contributed by atoms with van der Waals surface area (Å²) in [6, 6.07) is 1.63. The number of halogens is 1. The number of pyridine rings is 1. The van der Waals surface area contributed by atoms with Crippen LogP contribution in [0.15, 0.2) is 18.5 Å². The van der Waals surface area contributed by atoms with Crippen molar-refractivity contribution in [2.24, 2.45) is 5.92 Å². The smallest absolute Gasteiger partial charge is 0.252 e. The minimum absolute atomic E-state index is 0.126. The Hall–Kier alpha value is -1.13. The largest absolute Gasteiger partial charge is 0.352 e. The molecule has 1 amide bonds. The third kappa shape index (κ3) is 2.71. The molecular weight excluding hydrogens is 226 g/mol. The molecule has 0 spiro atoms. The average molecular weight is 240 g/mol. The van der Waals surface area contributed by atoms with Gasteiger partial charge in [0.15, 0.2) is 0 Å². The van der Waals surface area contributed by atoms with Crippen LogP contribution in [-0.4, -0.2) is 30.5 Å². The highest BCUT2D eigenvalue weighted by atomic mass is 35.5. The van der Waals surface area contributed by atoms with Crippen molar-refractivity contribution in [2.75, 3.05) is 19.6 Å². The van der Waals surface area contributed by atoms with Crippen molar-refractivity contribution >= 4 is 17.5 Å². The Morgan fingerprint density at radius 2 is 2.56 bits per heavy atom. The maximum atomic E-state index is 11.8. The third-order valence-corrected chi connectivity index (χ3v) is 3.03.